The molecule has 0 unspecified atom stereocenters. The number of fused-ring (bicyclic) bond motifs is 1. The van der Waals surface area contributed by atoms with Gasteiger partial charge in [0.1, 0.15) is 0 Å². The van der Waals surface area contributed by atoms with Crippen LogP contribution in [0.15, 0.2) is 42.5 Å². The van der Waals surface area contributed by atoms with Crippen LogP contribution in [0.4, 0.5) is 5.69 Å². The van der Waals surface area contributed by atoms with E-state index in [-0.39, 0.29) is 20.9 Å². The predicted molar refractivity (Wildman–Crippen MR) is 83.6 cm³/mol. The van der Waals surface area contributed by atoms with Gasteiger partial charge in [0.25, 0.3) is 0 Å². The van der Waals surface area contributed by atoms with Gasteiger partial charge < -0.3 is 0 Å². The number of hydrogen-bond acceptors (Lipinski definition) is 4. The maximum atomic E-state index is 12.5. The molecule has 0 saturated heterocycles. The van der Waals surface area contributed by atoms with Gasteiger partial charge in [-0.1, -0.05) is 0 Å². The number of benzene rings is 2. The number of rotatable bonds is 4. The summed E-state index contributed by atoms with van der Waals surface area (Å²) in [5.74, 6) is -0.137. The average molecular weight is 345 g/mol. The van der Waals surface area contributed by atoms with E-state index < -0.39 is 0 Å². The van der Waals surface area contributed by atoms with Crippen molar-refractivity contribution in [1.29, 1.82) is 0 Å². The molecule has 0 spiro atoms. The second-order valence-corrected chi connectivity index (χ2v) is 5.70. The van der Waals surface area contributed by atoms with E-state index in [1.807, 2.05) is 42.5 Å². The van der Waals surface area contributed by atoms with Crippen molar-refractivity contribution in [2.75, 3.05) is 11.9 Å². The second-order valence-electron chi connectivity index (χ2n) is 4.59. The van der Waals surface area contributed by atoms with Crippen LogP contribution < -0.4 is 11.1 Å². The minimum atomic E-state index is -0.137. The van der Waals surface area contributed by atoms with Crippen molar-refractivity contribution in [3.63, 3.8) is 0 Å². The number of nitrogens with two attached hydrogens (primary N) is 1. The first-order chi connectivity index (χ1) is 10.3. The van der Waals surface area contributed by atoms with Crippen LogP contribution in [0.25, 0.3) is 11.0 Å². The number of anilines is 1. The Kier molecular flexibility index (Phi) is 4.10. The molecule has 0 saturated carbocycles. The molecule has 0 radical (unpaired) electrons. The zero-order chi connectivity index (χ0) is 14.7. The van der Waals surface area contributed by atoms with Gasteiger partial charge in [0.2, 0.25) is 0 Å². The van der Waals surface area contributed by atoms with Crippen LogP contribution in [0.5, 0.6) is 0 Å². The molecule has 0 bridgehead atoms. The van der Waals surface area contributed by atoms with Gasteiger partial charge in [-0.3, -0.25) is 0 Å². The molecule has 3 N–H and O–H groups in total. The Morgan fingerprint density at radius 1 is 1.14 bits per heavy atom. The molecule has 0 atom stereocenters. The van der Waals surface area contributed by atoms with Gasteiger partial charge in [-0.2, -0.15) is 0 Å². The normalized spacial score (nSPS) is 10.7. The van der Waals surface area contributed by atoms with E-state index in [4.69, 9.17) is 5.73 Å². The van der Waals surface area contributed by atoms with E-state index in [1.165, 1.54) is 0 Å². The molecular formula is C15H14N4OSe. The van der Waals surface area contributed by atoms with Gasteiger partial charge >= 0.3 is 128 Å². The van der Waals surface area contributed by atoms with E-state index in [1.54, 1.807) is 0 Å². The van der Waals surface area contributed by atoms with Gasteiger partial charge in [0.15, 0.2) is 0 Å². The van der Waals surface area contributed by atoms with Crippen LogP contribution in [0.3, 0.4) is 0 Å². The predicted octanol–water partition coefficient (Wildman–Crippen LogP) is 1.44. The van der Waals surface area contributed by atoms with Crippen LogP contribution >= 0.6 is 0 Å². The molecule has 1 heterocycles. The molecule has 2 aromatic carbocycles. The summed E-state index contributed by atoms with van der Waals surface area (Å²) in [6.45, 7) is 0.516. The van der Waals surface area contributed by atoms with Gasteiger partial charge in [-0.15, -0.1) is 0 Å². The number of amides is 1. The summed E-state index contributed by atoms with van der Waals surface area (Å²) in [4.78, 5) is 12.5. The third kappa shape index (κ3) is 2.88. The molecule has 106 valence electrons. The molecule has 1 amide bonds. The van der Waals surface area contributed by atoms with E-state index >= 15 is 0 Å². The van der Waals surface area contributed by atoms with Crippen LogP contribution in [-0.4, -0.2) is 35.4 Å². The monoisotopic (exact) mass is 346 g/mol. The standard InChI is InChI=1S/C15H14N4OSe/c16-9-8-10-4-1-2-5-11(10)15(20)17-12-6-3-7-13-14(12)19-21-18-13/h1-7H,8-9,16H2,(H,17,20). The van der Waals surface area contributed by atoms with E-state index in [2.05, 4.69) is 13.3 Å². The fourth-order valence-electron chi connectivity index (χ4n) is 2.21. The first kappa shape index (κ1) is 13.9. The van der Waals surface area contributed by atoms with Crippen LogP contribution in [0.1, 0.15) is 15.9 Å². The SMILES string of the molecule is NCCc1ccccc1C(=O)Nc1cccc2n[se]nc12. The molecule has 1 aromatic heterocycles. The second kappa shape index (κ2) is 6.18. The fourth-order valence-corrected chi connectivity index (χ4v) is 3.37. The van der Waals surface area contributed by atoms with Gasteiger partial charge in [0.05, 0.1) is 0 Å². The molecule has 3 aromatic rings. The van der Waals surface area contributed by atoms with Gasteiger partial charge in [-0.25, -0.2) is 0 Å². The summed E-state index contributed by atoms with van der Waals surface area (Å²) in [5, 5.41) is 2.93. The zero-order valence-corrected chi connectivity index (χ0v) is 13.0. The maximum absolute atomic E-state index is 12.5. The van der Waals surface area contributed by atoms with Crippen molar-refractivity contribution >= 4 is 37.6 Å². The number of nitrogens with zero attached hydrogens (tertiary/aromatic N) is 2. The van der Waals surface area contributed by atoms with Crippen LogP contribution in [0, 0.1) is 0 Å². The van der Waals surface area contributed by atoms with E-state index in [0.29, 0.717) is 24.2 Å². The fraction of sp³-hybridized carbons (Fsp3) is 0.133. The minimum absolute atomic E-state index is 0.110. The quantitative estimate of drug-likeness (QED) is 0.701. The Balaban J connectivity index is 1.92. The number of carbonyl (C=O) groups excluding carboxylic acids is 1. The molecule has 3 rings (SSSR count). The molecule has 0 aliphatic carbocycles. The zero-order valence-electron chi connectivity index (χ0n) is 11.2. The number of carbonyl (C=O) groups is 1. The molecule has 0 fully saturated rings. The Labute approximate surface area is 128 Å². The molecule has 21 heavy (non-hydrogen) atoms. The number of aromatic nitrogens is 2. The van der Waals surface area contributed by atoms with E-state index in [9.17, 15) is 4.79 Å². The van der Waals surface area contributed by atoms with Crippen LogP contribution in [-0.2, 0) is 6.42 Å². The summed E-state index contributed by atoms with van der Waals surface area (Å²) in [5.41, 5.74) is 9.55. The van der Waals surface area contributed by atoms with Crippen molar-refractivity contribution in [3.8, 4) is 0 Å². The van der Waals surface area contributed by atoms with Crippen molar-refractivity contribution in [2.24, 2.45) is 5.73 Å². The number of hydrogen-bond donors (Lipinski definition) is 2. The van der Waals surface area contributed by atoms with E-state index in [0.717, 1.165) is 16.6 Å². The Morgan fingerprint density at radius 2 is 2.00 bits per heavy atom. The van der Waals surface area contributed by atoms with Crippen LogP contribution in [0.2, 0.25) is 0 Å². The molecule has 5 nitrogen and oxygen atoms in total. The summed E-state index contributed by atoms with van der Waals surface area (Å²) in [7, 11) is 0. The topological polar surface area (TPSA) is 80.9 Å². The third-order valence-electron chi connectivity index (χ3n) is 3.21. The summed E-state index contributed by atoms with van der Waals surface area (Å²) in [6, 6.07) is 13.1. The Morgan fingerprint density at radius 3 is 2.86 bits per heavy atom. The van der Waals surface area contributed by atoms with Crippen molar-refractivity contribution < 1.29 is 4.79 Å². The number of nitrogens with one attached hydrogen (secondary N) is 1. The molecular weight excluding hydrogens is 331 g/mol. The Hall–Kier alpha value is -2.01. The molecule has 0 aliphatic rings. The average Bonchev–Trinajstić information content (AvgIpc) is 2.98. The van der Waals surface area contributed by atoms with Crippen molar-refractivity contribution in [2.45, 2.75) is 6.42 Å². The van der Waals surface area contributed by atoms with Crippen molar-refractivity contribution in [1.82, 2.24) is 7.96 Å². The van der Waals surface area contributed by atoms with Crippen molar-refractivity contribution in [3.05, 3.63) is 53.6 Å². The Bertz CT molecular complexity index is 784. The summed E-state index contributed by atoms with van der Waals surface area (Å²) in [6.07, 6.45) is 0.680. The summed E-state index contributed by atoms with van der Waals surface area (Å²) >= 11 is -0.110. The molecule has 6 heteroatoms. The third-order valence-corrected chi connectivity index (χ3v) is 4.35. The molecule has 0 aliphatic heterocycles. The first-order valence-corrected chi connectivity index (χ1v) is 8.13. The summed E-state index contributed by atoms with van der Waals surface area (Å²) < 4.78 is 8.68. The van der Waals surface area contributed by atoms with Gasteiger partial charge in [0, 0.05) is 0 Å². The van der Waals surface area contributed by atoms with Gasteiger partial charge in [-0.05, 0) is 0 Å². The first-order valence-electron chi connectivity index (χ1n) is 6.60.